The van der Waals surface area contributed by atoms with E-state index in [1.807, 2.05) is 0 Å². The molecule has 0 amide bonds. The van der Waals surface area contributed by atoms with Crippen LogP contribution >= 0.6 is 0 Å². The van der Waals surface area contributed by atoms with Gasteiger partial charge in [0.25, 0.3) is 0 Å². The van der Waals surface area contributed by atoms with E-state index in [4.69, 9.17) is 0 Å². The maximum absolute atomic E-state index is 12.1. The van der Waals surface area contributed by atoms with Crippen LogP contribution in [0, 0.1) is 0 Å². The molecule has 1 aromatic heterocycles. The Hall–Kier alpha value is -1.21. The average molecular weight is 282 g/mol. The predicted molar refractivity (Wildman–Crippen MR) is 72.4 cm³/mol. The van der Waals surface area contributed by atoms with Crippen LogP contribution in [0.4, 0.5) is 5.95 Å². The van der Waals surface area contributed by atoms with Gasteiger partial charge in [0.2, 0.25) is 16.0 Å². The summed E-state index contributed by atoms with van der Waals surface area (Å²) in [5, 5.41) is 0. The van der Waals surface area contributed by atoms with Crippen molar-refractivity contribution >= 4 is 16.0 Å². The second kappa shape index (κ2) is 4.72. The topological polar surface area (TPSA) is 66.4 Å². The summed E-state index contributed by atoms with van der Waals surface area (Å²) in [6.07, 6.45) is 5.18. The third-order valence-electron chi connectivity index (χ3n) is 4.06. The highest BCUT2D eigenvalue weighted by Crippen LogP contribution is 2.35. The van der Waals surface area contributed by atoms with E-state index in [0.29, 0.717) is 12.5 Å². The summed E-state index contributed by atoms with van der Waals surface area (Å²) < 4.78 is 25.8. The fraction of sp³-hybridized carbons (Fsp3) is 0.667. The Morgan fingerprint density at radius 3 is 2.58 bits per heavy atom. The van der Waals surface area contributed by atoms with E-state index < -0.39 is 10.0 Å². The first-order chi connectivity index (χ1) is 9.13. The van der Waals surface area contributed by atoms with Crippen molar-refractivity contribution < 1.29 is 8.42 Å². The lowest BCUT2D eigenvalue weighted by atomic mass is 10.1. The summed E-state index contributed by atoms with van der Waals surface area (Å²) in [5.74, 6) is 0.892. The van der Waals surface area contributed by atoms with Gasteiger partial charge in [0.15, 0.2) is 0 Å². The minimum absolute atomic E-state index is 0.0914. The number of hydrogen-bond donors (Lipinski definition) is 0. The number of hydrogen-bond acceptors (Lipinski definition) is 5. The summed E-state index contributed by atoms with van der Waals surface area (Å²) in [5.41, 5.74) is 0. The van der Waals surface area contributed by atoms with Crippen LogP contribution in [0.25, 0.3) is 0 Å². The van der Waals surface area contributed by atoms with Gasteiger partial charge in [0.1, 0.15) is 0 Å². The molecule has 1 aromatic rings. The minimum atomic E-state index is -3.09. The van der Waals surface area contributed by atoms with Crippen LogP contribution in [-0.4, -0.2) is 53.6 Å². The zero-order chi connectivity index (χ0) is 13.5. The molecule has 2 aliphatic heterocycles. The third-order valence-corrected chi connectivity index (χ3v) is 5.95. The molecule has 3 heterocycles. The van der Waals surface area contributed by atoms with Crippen molar-refractivity contribution in [2.45, 2.75) is 31.8 Å². The van der Waals surface area contributed by atoms with Crippen LogP contribution in [0.1, 0.15) is 19.8 Å². The molecule has 0 N–H and O–H groups in total. The Balaban J connectivity index is 1.83. The van der Waals surface area contributed by atoms with Crippen molar-refractivity contribution in [1.82, 2.24) is 14.3 Å². The largest absolute Gasteiger partial charge is 0.336 e. The molecule has 6 nitrogen and oxygen atoms in total. The van der Waals surface area contributed by atoms with Crippen molar-refractivity contribution in [3.63, 3.8) is 0 Å². The normalized spacial score (nSPS) is 27.7. The van der Waals surface area contributed by atoms with E-state index in [9.17, 15) is 8.42 Å². The Kier molecular flexibility index (Phi) is 3.18. The van der Waals surface area contributed by atoms with Gasteiger partial charge in [0, 0.05) is 37.6 Å². The molecule has 0 saturated carbocycles. The Morgan fingerprint density at radius 2 is 1.89 bits per heavy atom. The zero-order valence-electron chi connectivity index (χ0n) is 10.9. The van der Waals surface area contributed by atoms with Gasteiger partial charge in [-0.3, -0.25) is 0 Å². The second-order valence-electron chi connectivity index (χ2n) is 4.97. The number of anilines is 1. The predicted octanol–water partition coefficient (Wildman–Crippen LogP) is 0.479. The Labute approximate surface area is 113 Å². The van der Waals surface area contributed by atoms with E-state index in [1.165, 1.54) is 0 Å². The molecule has 2 saturated heterocycles. The number of nitrogens with zero attached hydrogens (tertiary/aromatic N) is 4. The van der Waals surface area contributed by atoms with Crippen molar-refractivity contribution in [3.05, 3.63) is 18.5 Å². The third kappa shape index (κ3) is 2.10. The quantitative estimate of drug-likeness (QED) is 0.806. The van der Waals surface area contributed by atoms with Crippen LogP contribution in [0.3, 0.4) is 0 Å². The van der Waals surface area contributed by atoms with Crippen LogP contribution < -0.4 is 4.90 Å². The van der Waals surface area contributed by atoms with Crippen molar-refractivity contribution in [2.75, 3.05) is 23.7 Å². The van der Waals surface area contributed by atoms with Gasteiger partial charge in [-0.05, 0) is 25.8 Å². The van der Waals surface area contributed by atoms with Crippen LogP contribution in [0.15, 0.2) is 18.5 Å². The molecule has 0 spiro atoms. The van der Waals surface area contributed by atoms with E-state index in [1.54, 1.807) is 29.7 Å². The van der Waals surface area contributed by atoms with E-state index in [2.05, 4.69) is 14.9 Å². The molecule has 0 bridgehead atoms. The maximum Gasteiger partial charge on any atom is 0.225 e. The maximum atomic E-state index is 12.1. The van der Waals surface area contributed by atoms with Crippen molar-refractivity contribution in [3.8, 4) is 0 Å². The van der Waals surface area contributed by atoms with Gasteiger partial charge < -0.3 is 4.90 Å². The molecule has 104 valence electrons. The van der Waals surface area contributed by atoms with Crippen LogP contribution in [0.2, 0.25) is 0 Å². The summed E-state index contributed by atoms with van der Waals surface area (Å²) in [6.45, 7) is 3.15. The monoisotopic (exact) mass is 282 g/mol. The zero-order valence-corrected chi connectivity index (χ0v) is 11.8. The van der Waals surface area contributed by atoms with Crippen LogP contribution in [-0.2, 0) is 10.0 Å². The van der Waals surface area contributed by atoms with E-state index in [-0.39, 0.29) is 17.8 Å². The molecular weight excluding hydrogens is 264 g/mol. The minimum Gasteiger partial charge on any atom is -0.336 e. The Bertz CT molecular complexity index is 548. The number of fused-ring (bicyclic) bond motifs is 1. The van der Waals surface area contributed by atoms with Gasteiger partial charge in [-0.15, -0.1) is 0 Å². The lowest BCUT2D eigenvalue weighted by molar-refractivity contribution is 0.388. The fourth-order valence-corrected chi connectivity index (χ4v) is 4.52. The van der Waals surface area contributed by atoms with Gasteiger partial charge in [-0.1, -0.05) is 0 Å². The summed E-state index contributed by atoms with van der Waals surface area (Å²) in [4.78, 5) is 10.7. The summed E-state index contributed by atoms with van der Waals surface area (Å²) in [6, 6.07) is 2.11. The lowest BCUT2D eigenvalue weighted by Gasteiger charge is -2.24. The highest BCUT2D eigenvalue weighted by Gasteiger charge is 2.47. The summed E-state index contributed by atoms with van der Waals surface area (Å²) in [7, 11) is -3.09. The first-order valence-corrected chi connectivity index (χ1v) is 8.27. The van der Waals surface area contributed by atoms with Gasteiger partial charge in [-0.25, -0.2) is 18.4 Å². The summed E-state index contributed by atoms with van der Waals surface area (Å²) >= 11 is 0. The van der Waals surface area contributed by atoms with Gasteiger partial charge in [-0.2, -0.15) is 4.31 Å². The van der Waals surface area contributed by atoms with Crippen molar-refractivity contribution in [2.24, 2.45) is 0 Å². The SMILES string of the molecule is CCS(=O)(=O)N1CC[C@H]2[C@H]1CCN2c1ncccn1. The molecule has 2 atom stereocenters. The molecule has 7 heteroatoms. The molecule has 0 radical (unpaired) electrons. The van der Waals surface area contributed by atoms with Gasteiger partial charge >= 0.3 is 0 Å². The van der Waals surface area contributed by atoms with Crippen molar-refractivity contribution in [1.29, 1.82) is 0 Å². The molecule has 2 fully saturated rings. The average Bonchev–Trinajstić information content (AvgIpc) is 3.00. The standard InChI is InChI=1S/C12H18N4O2S/c1-2-19(17,18)16-9-5-10-11(16)4-8-15(10)12-13-6-3-7-14-12/h3,6-7,10-11H,2,4-5,8-9H2,1H3/t10-,11+/m0/s1. The highest BCUT2D eigenvalue weighted by molar-refractivity contribution is 7.89. The van der Waals surface area contributed by atoms with Gasteiger partial charge in [0.05, 0.1) is 5.75 Å². The number of rotatable bonds is 3. The molecule has 0 aliphatic carbocycles. The molecule has 0 unspecified atom stereocenters. The molecule has 3 rings (SSSR count). The Morgan fingerprint density at radius 1 is 1.21 bits per heavy atom. The lowest BCUT2D eigenvalue weighted by Crippen LogP contribution is -2.40. The van der Waals surface area contributed by atoms with Crippen LogP contribution in [0.5, 0.6) is 0 Å². The number of sulfonamides is 1. The molecule has 19 heavy (non-hydrogen) atoms. The number of aromatic nitrogens is 2. The second-order valence-corrected chi connectivity index (χ2v) is 7.18. The fourth-order valence-electron chi connectivity index (χ4n) is 3.15. The molecule has 2 aliphatic rings. The smallest absolute Gasteiger partial charge is 0.225 e. The van der Waals surface area contributed by atoms with E-state index in [0.717, 1.165) is 19.4 Å². The molecule has 0 aromatic carbocycles. The molecular formula is C12H18N4O2S. The highest BCUT2D eigenvalue weighted by atomic mass is 32.2. The first kappa shape index (κ1) is 12.8. The first-order valence-electron chi connectivity index (χ1n) is 6.66. The van der Waals surface area contributed by atoms with E-state index >= 15 is 0 Å².